The second kappa shape index (κ2) is 9.23. The van der Waals surface area contributed by atoms with Gasteiger partial charge in [-0.3, -0.25) is 0 Å². The number of nitrogens with one attached hydrogen (secondary N) is 1. The van der Waals surface area contributed by atoms with Crippen LogP contribution in [0.2, 0.25) is 0 Å². The van der Waals surface area contributed by atoms with Crippen molar-refractivity contribution in [3.05, 3.63) is 35.6 Å². The predicted molar refractivity (Wildman–Crippen MR) is 86.4 cm³/mol. The topological polar surface area (TPSA) is 41.5 Å². The molecule has 1 aliphatic carbocycles. The lowest BCUT2D eigenvalue weighted by Crippen LogP contribution is -2.46. The molecule has 1 aliphatic rings. The summed E-state index contributed by atoms with van der Waals surface area (Å²) < 4.78 is 18.6. The van der Waals surface area contributed by atoms with Gasteiger partial charge in [0.25, 0.3) is 0 Å². The first-order valence-corrected chi connectivity index (χ1v) is 8.33. The van der Waals surface area contributed by atoms with Gasteiger partial charge in [-0.1, -0.05) is 25.0 Å². The van der Waals surface area contributed by atoms with Gasteiger partial charge < -0.3 is 15.2 Å². The molecule has 1 fully saturated rings. The molecule has 0 spiro atoms. The lowest BCUT2D eigenvalue weighted by Gasteiger charge is -2.34. The number of ether oxygens (including phenoxy) is 1. The third-order valence-corrected chi connectivity index (χ3v) is 4.63. The summed E-state index contributed by atoms with van der Waals surface area (Å²) in [5.74, 6) is 0.153. The van der Waals surface area contributed by atoms with E-state index in [9.17, 15) is 9.50 Å². The second-order valence-electron chi connectivity index (χ2n) is 6.31. The summed E-state index contributed by atoms with van der Waals surface area (Å²) in [7, 11) is 1.70. The van der Waals surface area contributed by atoms with Gasteiger partial charge in [0, 0.05) is 32.4 Å². The molecule has 1 saturated carbocycles. The van der Waals surface area contributed by atoms with Crippen molar-refractivity contribution in [1.29, 1.82) is 0 Å². The molecule has 0 aromatic heterocycles. The highest BCUT2D eigenvalue weighted by molar-refractivity contribution is 5.17. The summed E-state index contributed by atoms with van der Waals surface area (Å²) in [5.41, 5.74) is 1.00. The highest BCUT2D eigenvalue weighted by atomic mass is 19.1. The van der Waals surface area contributed by atoms with Crippen LogP contribution in [0, 0.1) is 11.7 Å². The van der Waals surface area contributed by atoms with Crippen LogP contribution >= 0.6 is 0 Å². The van der Waals surface area contributed by atoms with E-state index < -0.39 is 0 Å². The molecule has 2 N–H and O–H groups in total. The number of benzene rings is 1. The number of hydrogen-bond acceptors (Lipinski definition) is 3. The molecule has 3 unspecified atom stereocenters. The zero-order valence-corrected chi connectivity index (χ0v) is 13.4. The molecular weight excluding hydrogens is 281 g/mol. The van der Waals surface area contributed by atoms with Gasteiger partial charge in [-0.05, 0) is 49.3 Å². The van der Waals surface area contributed by atoms with Crippen LogP contribution in [0.15, 0.2) is 24.3 Å². The van der Waals surface area contributed by atoms with Crippen molar-refractivity contribution in [3.63, 3.8) is 0 Å². The lowest BCUT2D eigenvalue weighted by molar-refractivity contribution is 0.134. The van der Waals surface area contributed by atoms with E-state index in [1.807, 2.05) is 6.07 Å². The minimum atomic E-state index is -0.186. The third-order valence-electron chi connectivity index (χ3n) is 4.63. The van der Waals surface area contributed by atoms with Crippen molar-refractivity contribution in [1.82, 2.24) is 5.32 Å². The first-order valence-electron chi connectivity index (χ1n) is 8.33. The summed E-state index contributed by atoms with van der Waals surface area (Å²) in [6, 6.07) is 7.41. The highest BCUT2D eigenvalue weighted by Crippen LogP contribution is 2.25. The summed E-state index contributed by atoms with van der Waals surface area (Å²) in [5, 5.41) is 13.3. The largest absolute Gasteiger partial charge is 0.396 e. The Labute approximate surface area is 132 Å². The smallest absolute Gasteiger partial charge is 0.123 e. The lowest BCUT2D eigenvalue weighted by atomic mass is 9.84. The maximum atomic E-state index is 13.4. The van der Waals surface area contributed by atoms with Gasteiger partial charge in [0.2, 0.25) is 0 Å². The van der Waals surface area contributed by atoms with Crippen LogP contribution in [-0.2, 0) is 11.2 Å². The van der Waals surface area contributed by atoms with E-state index in [0.29, 0.717) is 18.6 Å². The van der Waals surface area contributed by atoms with Crippen LogP contribution < -0.4 is 5.32 Å². The van der Waals surface area contributed by atoms with Crippen molar-refractivity contribution in [2.75, 3.05) is 20.3 Å². The van der Waals surface area contributed by atoms with Gasteiger partial charge in [-0.15, -0.1) is 0 Å². The van der Waals surface area contributed by atoms with Gasteiger partial charge in [0.05, 0.1) is 0 Å². The second-order valence-corrected chi connectivity index (χ2v) is 6.31. The average molecular weight is 309 g/mol. The standard InChI is InChI=1S/C18H28FNO2/c1-22-10-9-17(12-14-5-4-7-16(19)11-14)20-18-8-3-2-6-15(18)13-21/h4-5,7,11,15,17-18,20-21H,2-3,6,8-10,12-13H2,1H3. The fourth-order valence-electron chi connectivity index (χ4n) is 3.40. The Balaban J connectivity index is 1.98. The van der Waals surface area contributed by atoms with Crippen LogP contribution in [0.1, 0.15) is 37.7 Å². The van der Waals surface area contributed by atoms with Gasteiger partial charge in [0.15, 0.2) is 0 Å². The molecule has 4 heteroatoms. The van der Waals surface area contributed by atoms with Crippen LogP contribution in [0.25, 0.3) is 0 Å². The van der Waals surface area contributed by atoms with Gasteiger partial charge in [-0.25, -0.2) is 4.39 Å². The number of hydrogen-bond donors (Lipinski definition) is 2. The predicted octanol–water partition coefficient (Wildman–Crippen LogP) is 2.91. The van der Waals surface area contributed by atoms with Crippen molar-refractivity contribution in [2.45, 2.75) is 50.6 Å². The molecule has 2 rings (SSSR count). The molecule has 0 saturated heterocycles. The van der Waals surface area contributed by atoms with Gasteiger partial charge >= 0.3 is 0 Å². The average Bonchev–Trinajstić information content (AvgIpc) is 2.53. The van der Waals surface area contributed by atoms with Crippen LogP contribution in [-0.4, -0.2) is 37.5 Å². The molecule has 3 nitrogen and oxygen atoms in total. The molecule has 1 aromatic carbocycles. The summed E-state index contributed by atoms with van der Waals surface area (Å²) in [6.07, 6.45) is 6.29. The fourth-order valence-corrected chi connectivity index (χ4v) is 3.40. The van der Waals surface area contributed by atoms with Gasteiger partial charge in [0.1, 0.15) is 5.82 Å². The SMILES string of the molecule is COCCC(Cc1cccc(F)c1)NC1CCCCC1CO. The first-order chi connectivity index (χ1) is 10.7. The molecule has 0 radical (unpaired) electrons. The molecular formula is C18H28FNO2. The quantitative estimate of drug-likeness (QED) is 0.776. The van der Waals surface area contributed by atoms with Gasteiger partial charge in [-0.2, -0.15) is 0 Å². The number of aliphatic hydroxyl groups excluding tert-OH is 1. The van der Waals surface area contributed by atoms with E-state index in [1.165, 1.54) is 18.9 Å². The number of halogens is 1. The van der Waals surface area contributed by atoms with Crippen molar-refractivity contribution in [3.8, 4) is 0 Å². The Hall–Kier alpha value is -0.970. The molecule has 1 aromatic rings. The van der Waals surface area contributed by atoms with E-state index in [-0.39, 0.29) is 18.5 Å². The Morgan fingerprint density at radius 2 is 2.18 bits per heavy atom. The maximum Gasteiger partial charge on any atom is 0.123 e. The summed E-state index contributed by atoms with van der Waals surface area (Å²) in [6.45, 7) is 0.929. The number of methoxy groups -OCH3 is 1. The summed E-state index contributed by atoms with van der Waals surface area (Å²) >= 11 is 0. The minimum absolute atomic E-state index is 0.186. The van der Waals surface area contributed by atoms with E-state index in [1.54, 1.807) is 19.2 Å². The molecule has 0 aliphatic heterocycles. The highest BCUT2D eigenvalue weighted by Gasteiger charge is 2.26. The Morgan fingerprint density at radius 3 is 2.91 bits per heavy atom. The molecule has 0 bridgehead atoms. The van der Waals surface area contributed by atoms with E-state index in [2.05, 4.69) is 5.32 Å². The van der Waals surface area contributed by atoms with Crippen molar-refractivity contribution >= 4 is 0 Å². The van der Waals surface area contributed by atoms with E-state index >= 15 is 0 Å². The number of aliphatic hydroxyl groups is 1. The van der Waals surface area contributed by atoms with E-state index in [4.69, 9.17) is 4.74 Å². The Morgan fingerprint density at radius 1 is 1.36 bits per heavy atom. The molecule has 22 heavy (non-hydrogen) atoms. The molecule has 3 atom stereocenters. The zero-order valence-electron chi connectivity index (χ0n) is 13.4. The fraction of sp³-hybridized carbons (Fsp3) is 0.667. The van der Waals surface area contributed by atoms with Crippen molar-refractivity contribution < 1.29 is 14.2 Å². The minimum Gasteiger partial charge on any atom is -0.396 e. The summed E-state index contributed by atoms with van der Waals surface area (Å²) in [4.78, 5) is 0. The Kier molecular flexibility index (Phi) is 7.30. The van der Waals surface area contributed by atoms with E-state index in [0.717, 1.165) is 31.2 Å². The third kappa shape index (κ3) is 5.34. The Bertz CT molecular complexity index is 441. The molecule has 0 heterocycles. The monoisotopic (exact) mass is 309 g/mol. The normalized spacial score (nSPS) is 23.4. The molecule has 0 amide bonds. The zero-order chi connectivity index (χ0) is 15.8. The maximum absolute atomic E-state index is 13.4. The number of rotatable bonds is 8. The van der Waals surface area contributed by atoms with Crippen LogP contribution in [0.3, 0.4) is 0 Å². The van der Waals surface area contributed by atoms with Crippen molar-refractivity contribution in [2.24, 2.45) is 5.92 Å². The molecule has 124 valence electrons. The van der Waals surface area contributed by atoms with Crippen LogP contribution in [0.4, 0.5) is 4.39 Å². The van der Waals surface area contributed by atoms with Crippen LogP contribution in [0.5, 0.6) is 0 Å². The first kappa shape index (κ1) is 17.4.